The van der Waals surface area contributed by atoms with Gasteiger partial charge in [0, 0.05) is 38.8 Å². The first-order valence-electron chi connectivity index (χ1n) is 25.9. The maximum Gasteiger partial charge on any atom is 0.308 e. The van der Waals surface area contributed by atoms with Crippen LogP contribution in [0.2, 0.25) is 0 Å². The Morgan fingerprint density at radius 3 is 1.67 bits per heavy atom. The van der Waals surface area contributed by atoms with Crippen molar-refractivity contribution >= 4 is 41.3 Å². The number of aliphatic hydroxyl groups excluding tert-OH is 2. The van der Waals surface area contributed by atoms with Crippen LogP contribution in [0.15, 0.2) is 71.9 Å². The first-order chi connectivity index (χ1) is 35.0. The van der Waals surface area contributed by atoms with Gasteiger partial charge in [0.2, 0.25) is 11.8 Å². The molecule has 0 radical (unpaired) electrons. The number of hydrogen-bond acceptors (Lipinski definition) is 17. The Labute approximate surface area is 446 Å². The average Bonchev–Trinajstić information content (AvgIpc) is 3.32. The molecule has 0 saturated carbocycles. The van der Waals surface area contributed by atoms with Crippen LogP contribution in [-0.4, -0.2) is 164 Å². The van der Waals surface area contributed by atoms with E-state index in [4.69, 9.17) is 44.8 Å². The summed E-state index contributed by atoms with van der Waals surface area (Å²) < 4.78 is 39.9. The molecular formula is C55H83ClN2O17. The van der Waals surface area contributed by atoms with Gasteiger partial charge in [-0.3, -0.25) is 24.0 Å². The molecule has 0 aromatic rings. The van der Waals surface area contributed by atoms with Crippen LogP contribution in [0.3, 0.4) is 0 Å². The van der Waals surface area contributed by atoms with E-state index in [1.165, 1.54) is 44.2 Å². The number of carbonyl (C=O) groups excluding carboxylic acids is 5. The summed E-state index contributed by atoms with van der Waals surface area (Å²) in [5, 5.41) is 62.5. The topological polar surface area (TPSA) is 275 Å². The Bertz CT molecular complexity index is 2140. The number of allylic oxidation sites excluding steroid dienone is 4. The molecule has 18 atom stereocenters. The Morgan fingerprint density at radius 2 is 1.20 bits per heavy atom. The molecule has 4 fully saturated rings. The largest absolute Gasteiger partial charge is 0.462 e. The Hall–Kier alpha value is -4.28. The van der Waals surface area contributed by atoms with E-state index in [0.29, 0.717) is 25.7 Å². The molecule has 4 saturated heterocycles. The number of hydrogen-bond donors (Lipinski definition) is 7. The molecule has 7 N–H and O–H groups in total. The van der Waals surface area contributed by atoms with E-state index in [9.17, 15) is 49.5 Å². The van der Waals surface area contributed by atoms with Crippen molar-refractivity contribution in [2.45, 2.75) is 217 Å². The quantitative estimate of drug-likeness (QED) is 0.0276. The summed E-state index contributed by atoms with van der Waals surface area (Å²) in [4.78, 5) is 60.8. The molecule has 422 valence electrons. The number of aliphatic hydroxyl groups is 5. The van der Waals surface area contributed by atoms with Crippen molar-refractivity contribution in [2.75, 3.05) is 12.5 Å². The summed E-state index contributed by atoms with van der Waals surface area (Å²) in [6.07, 6.45) is 9.88. The van der Waals surface area contributed by atoms with Crippen LogP contribution in [0.1, 0.15) is 121 Å². The smallest absolute Gasteiger partial charge is 0.308 e. The SMILES string of the molecule is CC(=O)O[C@@H](C)/C=C\C(=O)N[C@@H]1C[C@H](C)[C@H](C/C=C(C)/C=C/C2CC(O)(CCl)CC(CC(=O)OCC3(O)C(O)C(/C=C/C(C)=C/C[C@@H]4O[C@H](C)[C@H](NC(=O)/C=C\[C@H](C)OC(C)=O)C[C@@H]4C)OC(C)(O)C3O)O2)O[C@@H]1C. The molecule has 4 aliphatic heterocycles. The molecule has 0 spiro atoms. The Morgan fingerprint density at radius 1 is 0.720 bits per heavy atom. The molecule has 75 heavy (non-hydrogen) atoms. The zero-order valence-electron chi connectivity index (χ0n) is 45.3. The summed E-state index contributed by atoms with van der Waals surface area (Å²) in [6.45, 7) is 17.7. The lowest BCUT2D eigenvalue weighted by Gasteiger charge is -2.50. The fourth-order valence-corrected chi connectivity index (χ4v) is 10.0. The van der Waals surface area contributed by atoms with Crippen molar-refractivity contribution in [3.05, 3.63) is 71.9 Å². The van der Waals surface area contributed by atoms with Gasteiger partial charge in [0.1, 0.15) is 37.1 Å². The van der Waals surface area contributed by atoms with Gasteiger partial charge in [-0.2, -0.15) is 0 Å². The third kappa shape index (κ3) is 19.6. The highest BCUT2D eigenvalue weighted by molar-refractivity contribution is 6.18. The number of alkyl halides is 1. The first kappa shape index (κ1) is 63.3. The molecular weight excluding hydrogens is 996 g/mol. The van der Waals surface area contributed by atoms with Gasteiger partial charge in [-0.1, -0.05) is 61.4 Å². The second kappa shape index (κ2) is 28.4. The third-order valence-corrected chi connectivity index (χ3v) is 14.6. The summed E-state index contributed by atoms with van der Waals surface area (Å²) in [5.74, 6) is -4.69. The molecule has 0 bridgehead atoms. The number of ether oxygens (including phenoxy) is 7. The van der Waals surface area contributed by atoms with E-state index in [0.717, 1.165) is 18.1 Å². The van der Waals surface area contributed by atoms with Gasteiger partial charge in [0.15, 0.2) is 11.4 Å². The van der Waals surface area contributed by atoms with Crippen LogP contribution in [-0.2, 0) is 57.1 Å². The van der Waals surface area contributed by atoms with E-state index >= 15 is 0 Å². The van der Waals surface area contributed by atoms with E-state index in [1.807, 2.05) is 52.8 Å². The number of carbonyl (C=O) groups is 5. The van der Waals surface area contributed by atoms with E-state index in [-0.39, 0.29) is 85.3 Å². The van der Waals surface area contributed by atoms with Crippen LogP contribution in [0.4, 0.5) is 0 Å². The van der Waals surface area contributed by atoms with Crippen LogP contribution in [0.5, 0.6) is 0 Å². The second-order valence-corrected chi connectivity index (χ2v) is 21.5. The van der Waals surface area contributed by atoms with Crippen LogP contribution >= 0.6 is 11.6 Å². The zero-order chi connectivity index (χ0) is 56.0. The van der Waals surface area contributed by atoms with Crippen molar-refractivity contribution in [2.24, 2.45) is 11.8 Å². The molecule has 8 unspecified atom stereocenters. The molecule has 4 aliphatic rings. The number of halogens is 1. The maximum atomic E-state index is 13.3. The summed E-state index contributed by atoms with van der Waals surface area (Å²) in [5.41, 5.74) is -2.33. The average molecular weight is 1080 g/mol. The highest BCUT2D eigenvalue weighted by Gasteiger charge is 2.60. The van der Waals surface area contributed by atoms with Gasteiger partial charge in [0.05, 0.1) is 66.6 Å². The number of esters is 3. The molecule has 19 nitrogen and oxygen atoms in total. The van der Waals surface area contributed by atoms with Gasteiger partial charge in [-0.05, 0) is 98.1 Å². The van der Waals surface area contributed by atoms with Crippen molar-refractivity contribution in [1.29, 1.82) is 0 Å². The van der Waals surface area contributed by atoms with Crippen LogP contribution in [0.25, 0.3) is 0 Å². The lowest BCUT2D eigenvalue weighted by molar-refractivity contribution is -0.362. The minimum absolute atomic E-state index is 0.00485. The lowest BCUT2D eigenvalue weighted by atomic mass is 9.80. The van der Waals surface area contributed by atoms with E-state index in [2.05, 4.69) is 17.6 Å². The molecule has 0 aliphatic carbocycles. The molecule has 4 heterocycles. The fraction of sp³-hybridized carbons (Fsp3) is 0.691. The third-order valence-electron chi connectivity index (χ3n) is 14.1. The molecule has 0 aromatic heterocycles. The van der Waals surface area contributed by atoms with Gasteiger partial charge in [0.25, 0.3) is 0 Å². The minimum Gasteiger partial charge on any atom is -0.462 e. The van der Waals surface area contributed by atoms with Gasteiger partial charge < -0.3 is 69.3 Å². The normalized spacial score (nSPS) is 36.8. The standard InChI is InChI=1S/C55H83ClN2O17/c1-31(13-19-45-33(3)24-43(37(7)72-45)57-48(61)22-16-35(5)70-39(9)59)12-18-41-27-54(67,29-56)28-42(74-41)26-50(63)69-30-55(68)51(64)47(75-53(11,66)52(55)65)21-15-32(2)14-20-46-34(4)25-44(38(8)73-46)58-49(62)23-17-36(6)71-40(10)60/h12-18,21-23,33-38,41-47,51-52,64-68H,19-20,24-30H2,1-11H3,(H,57,61)(H,58,62)/b18-12+,21-15+,22-16-,23-17-,31-13+,32-14+/t33-,34-,35-,36-,37+,38+,41?,42?,43+,44+,45-,46-,47?,51?,52?,53?,54?,55?/m0/s1. The summed E-state index contributed by atoms with van der Waals surface area (Å²) in [6, 6.07) is -0.447. The first-order valence-corrected chi connectivity index (χ1v) is 26.5. The second-order valence-electron chi connectivity index (χ2n) is 21.3. The zero-order valence-corrected chi connectivity index (χ0v) is 46.1. The lowest BCUT2D eigenvalue weighted by Crippen LogP contribution is -2.72. The number of nitrogens with one attached hydrogen (secondary N) is 2. The van der Waals surface area contributed by atoms with Gasteiger partial charge >= 0.3 is 17.9 Å². The van der Waals surface area contributed by atoms with E-state index in [1.54, 1.807) is 26.0 Å². The Balaban J connectivity index is 1.29. The molecule has 0 aromatic carbocycles. The maximum absolute atomic E-state index is 13.3. The van der Waals surface area contributed by atoms with Crippen molar-refractivity contribution in [3.63, 3.8) is 0 Å². The van der Waals surface area contributed by atoms with Gasteiger partial charge in [-0.25, -0.2) is 0 Å². The van der Waals surface area contributed by atoms with Crippen LogP contribution < -0.4 is 10.6 Å². The van der Waals surface area contributed by atoms with Crippen molar-refractivity contribution in [3.8, 4) is 0 Å². The number of rotatable bonds is 21. The van der Waals surface area contributed by atoms with Crippen molar-refractivity contribution < 1.29 is 82.7 Å². The number of amides is 2. The highest BCUT2D eigenvalue weighted by atomic mass is 35.5. The highest BCUT2D eigenvalue weighted by Crippen LogP contribution is 2.38. The van der Waals surface area contributed by atoms with E-state index < -0.39 is 84.2 Å². The van der Waals surface area contributed by atoms with Crippen molar-refractivity contribution in [1.82, 2.24) is 10.6 Å². The molecule has 20 heteroatoms. The van der Waals surface area contributed by atoms with Crippen LogP contribution in [0, 0.1) is 11.8 Å². The molecule has 4 rings (SSSR count). The predicted octanol–water partition coefficient (Wildman–Crippen LogP) is 4.39. The minimum atomic E-state index is -2.58. The predicted molar refractivity (Wildman–Crippen MR) is 277 cm³/mol. The summed E-state index contributed by atoms with van der Waals surface area (Å²) >= 11 is 6.23. The Kier molecular flexibility index (Phi) is 23.9. The fourth-order valence-electron chi connectivity index (χ4n) is 9.81. The molecule has 2 amide bonds. The summed E-state index contributed by atoms with van der Waals surface area (Å²) in [7, 11) is 0. The van der Waals surface area contributed by atoms with Gasteiger partial charge in [-0.15, -0.1) is 11.6 Å². The monoisotopic (exact) mass is 1080 g/mol.